The molecule has 0 amide bonds. The largest absolute Gasteiger partial charge is 0.488 e. The monoisotopic (exact) mass is 296 g/mol. The molecule has 112 valence electrons. The summed E-state index contributed by atoms with van der Waals surface area (Å²) in [5.41, 5.74) is 3.60. The van der Waals surface area contributed by atoms with Gasteiger partial charge in [-0.1, -0.05) is 29.8 Å². The summed E-state index contributed by atoms with van der Waals surface area (Å²) in [5, 5.41) is 0.763. The SMILES string of the molecule is Cc1ccc(COc2cc(F)cc3nc(C)nc(C)c23)cc1. The third-order valence-corrected chi connectivity index (χ3v) is 3.53. The normalized spacial score (nSPS) is 10.9. The predicted molar refractivity (Wildman–Crippen MR) is 84.5 cm³/mol. The average molecular weight is 296 g/mol. The van der Waals surface area contributed by atoms with Crippen LogP contribution in [0.5, 0.6) is 5.75 Å². The summed E-state index contributed by atoms with van der Waals surface area (Å²) in [4.78, 5) is 8.64. The second-order valence-corrected chi connectivity index (χ2v) is 5.43. The highest BCUT2D eigenvalue weighted by atomic mass is 19.1. The van der Waals surface area contributed by atoms with Crippen molar-refractivity contribution in [3.63, 3.8) is 0 Å². The van der Waals surface area contributed by atoms with Gasteiger partial charge >= 0.3 is 0 Å². The summed E-state index contributed by atoms with van der Waals surface area (Å²) < 4.78 is 19.6. The highest BCUT2D eigenvalue weighted by Gasteiger charge is 2.11. The van der Waals surface area contributed by atoms with Crippen LogP contribution in [0.3, 0.4) is 0 Å². The summed E-state index contributed by atoms with van der Waals surface area (Å²) in [7, 11) is 0. The number of hydrogen-bond donors (Lipinski definition) is 0. The van der Waals surface area contributed by atoms with Crippen molar-refractivity contribution in [2.24, 2.45) is 0 Å². The van der Waals surface area contributed by atoms with E-state index in [1.807, 2.05) is 38.1 Å². The fraction of sp³-hybridized carbons (Fsp3) is 0.222. The molecule has 0 radical (unpaired) electrons. The summed E-state index contributed by atoms with van der Waals surface area (Å²) in [6.45, 7) is 6.09. The first-order chi connectivity index (χ1) is 10.5. The fourth-order valence-corrected chi connectivity index (χ4v) is 2.48. The molecule has 0 bridgehead atoms. The lowest BCUT2D eigenvalue weighted by Crippen LogP contribution is -2.00. The molecule has 4 heteroatoms. The number of ether oxygens (including phenoxy) is 1. The molecule has 3 rings (SSSR count). The minimum Gasteiger partial charge on any atom is -0.488 e. The van der Waals surface area contributed by atoms with Gasteiger partial charge in [-0.25, -0.2) is 14.4 Å². The van der Waals surface area contributed by atoms with E-state index in [9.17, 15) is 4.39 Å². The van der Waals surface area contributed by atoms with Crippen molar-refractivity contribution in [2.45, 2.75) is 27.4 Å². The molecule has 0 spiro atoms. The van der Waals surface area contributed by atoms with Gasteiger partial charge in [-0.2, -0.15) is 0 Å². The molecule has 1 aromatic heterocycles. The lowest BCUT2D eigenvalue weighted by molar-refractivity contribution is 0.308. The number of aromatic nitrogens is 2. The Labute approximate surface area is 128 Å². The predicted octanol–water partition coefficient (Wildman–Crippen LogP) is 4.27. The highest BCUT2D eigenvalue weighted by molar-refractivity contribution is 5.87. The zero-order chi connectivity index (χ0) is 15.7. The Morgan fingerprint density at radius 1 is 1.00 bits per heavy atom. The van der Waals surface area contributed by atoms with Crippen molar-refractivity contribution in [3.05, 3.63) is 64.9 Å². The van der Waals surface area contributed by atoms with Gasteiger partial charge in [0, 0.05) is 12.1 Å². The molecule has 0 N–H and O–H groups in total. The molecule has 2 aromatic carbocycles. The van der Waals surface area contributed by atoms with Gasteiger partial charge in [0.05, 0.1) is 16.6 Å². The zero-order valence-electron chi connectivity index (χ0n) is 12.9. The van der Waals surface area contributed by atoms with Crippen LogP contribution >= 0.6 is 0 Å². The summed E-state index contributed by atoms with van der Waals surface area (Å²) in [6, 6.07) is 10.9. The van der Waals surface area contributed by atoms with Crippen LogP contribution in [0.25, 0.3) is 10.9 Å². The van der Waals surface area contributed by atoms with Crippen molar-refractivity contribution < 1.29 is 9.13 Å². The van der Waals surface area contributed by atoms with Crippen LogP contribution in [0.1, 0.15) is 22.6 Å². The number of nitrogens with zero attached hydrogens (tertiary/aromatic N) is 2. The average Bonchev–Trinajstić information content (AvgIpc) is 2.45. The first-order valence-corrected chi connectivity index (χ1v) is 7.16. The number of hydrogen-bond acceptors (Lipinski definition) is 3. The van der Waals surface area contributed by atoms with Crippen molar-refractivity contribution in [3.8, 4) is 5.75 Å². The van der Waals surface area contributed by atoms with Crippen molar-refractivity contribution in [1.82, 2.24) is 9.97 Å². The van der Waals surface area contributed by atoms with Gasteiger partial charge < -0.3 is 4.74 Å². The molecule has 0 saturated heterocycles. The zero-order valence-corrected chi connectivity index (χ0v) is 12.9. The smallest absolute Gasteiger partial charge is 0.133 e. The highest BCUT2D eigenvalue weighted by Crippen LogP contribution is 2.29. The molecule has 1 heterocycles. The van der Waals surface area contributed by atoms with Gasteiger partial charge in [0.15, 0.2) is 0 Å². The van der Waals surface area contributed by atoms with Gasteiger partial charge in [-0.15, -0.1) is 0 Å². The Kier molecular flexibility index (Phi) is 3.75. The van der Waals surface area contributed by atoms with E-state index in [1.54, 1.807) is 6.92 Å². The Hall–Kier alpha value is -2.49. The van der Waals surface area contributed by atoms with E-state index in [4.69, 9.17) is 4.74 Å². The maximum atomic E-state index is 13.8. The van der Waals surface area contributed by atoms with Gasteiger partial charge in [-0.05, 0) is 26.3 Å². The minimum absolute atomic E-state index is 0.357. The van der Waals surface area contributed by atoms with E-state index < -0.39 is 0 Å². The van der Waals surface area contributed by atoms with Crippen LogP contribution in [0, 0.1) is 26.6 Å². The molecule has 0 unspecified atom stereocenters. The second kappa shape index (κ2) is 5.72. The van der Waals surface area contributed by atoms with Gasteiger partial charge in [0.25, 0.3) is 0 Å². The van der Waals surface area contributed by atoms with Crippen LogP contribution in [-0.2, 0) is 6.61 Å². The van der Waals surface area contributed by atoms with Crippen LogP contribution in [-0.4, -0.2) is 9.97 Å². The molecule has 0 aliphatic carbocycles. The number of aryl methyl sites for hydroxylation is 3. The number of benzene rings is 2. The van der Waals surface area contributed by atoms with Crippen LogP contribution in [0.2, 0.25) is 0 Å². The third-order valence-electron chi connectivity index (χ3n) is 3.53. The molecular formula is C18H17FN2O. The number of fused-ring (bicyclic) bond motifs is 1. The lowest BCUT2D eigenvalue weighted by atomic mass is 10.1. The maximum Gasteiger partial charge on any atom is 0.133 e. The molecule has 0 fully saturated rings. The topological polar surface area (TPSA) is 35.0 Å². The molecule has 3 aromatic rings. The first kappa shape index (κ1) is 14.4. The summed E-state index contributed by atoms with van der Waals surface area (Å²) >= 11 is 0. The lowest BCUT2D eigenvalue weighted by Gasteiger charge is -2.12. The Morgan fingerprint density at radius 2 is 1.73 bits per heavy atom. The van der Waals surface area contributed by atoms with E-state index in [-0.39, 0.29) is 5.82 Å². The van der Waals surface area contributed by atoms with E-state index >= 15 is 0 Å². The molecule has 3 nitrogen and oxygen atoms in total. The number of rotatable bonds is 3. The van der Waals surface area contributed by atoms with Crippen molar-refractivity contribution in [2.75, 3.05) is 0 Å². The molecule has 22 heavy (non-hydrogen) atoms. The van der Waals surface area contributed by atoms with Gasteiger partial charge in [0.1, 0.15) is 24.0 Å². The molecule has 0 aliphatic rings. The summed E-state index contributed by atoms with van der Waals surface area (Å²) in [5.74, 6) is 0.747. The van der Waals surface area contributed by atoms with Gasteiger partial charge in [-0.3, -0.25) is 0 Å². The van der Waals surface area contributed by atoms with E-state index in [0.717, 1.165) is 16.6 Å². The van der Waals surface area contributed by atoms with Crippen molar-refractivity contribution in [1.29, 1.82) is 0 Å². The minimum atomic E-state index is -0.357. The third kappa shape index (κ3) is 2.91. The van der Waals surface area contributed by atoms with E-state index in [1.165, 1.54) is 17.7 Å². The van der Waals surface area contributed by atoms with Gasteiger partial charge in [0.2, 0.25) is 0 Å². The fourth-order valence-electron chi connectivity index (χ4n) is 2.48. The van der Waals surface area contributed by atoms with Crippen LogP contribution < -0.4 is 4.74 Å². The summed E-state index contributed by atoms with van der Waals surface area (Å²) in [6.07, 6.45) is 0. The standard InChI is InChI=1S/C18H17FN2O/c1-11-4-6-14(7-5-11)10-22-17-9-15(19)8-16-18(17)12(2)20-13(3)21-16/h4-9H,10H2,1-3H3. The Morgan fingerprint density at radius 3 is 2.45 bits per heavy atom. The quantitative estimate of drug-likeness (QED) is 0.724. The molecule has 0 aliphatic heterocycles. The maximum absolute atomic E-state index is 13.8. The number of halogens is 1. The Bertz CT molecular complexity index is 823. The molecule has 0 saturated carbocycles. The van der Waals surface area contributed by atoms with E-state index in [0.29, 0.717) is 23.7 Å². The Balaban J connectivity index is 1.97. The van der Waals surface area contributed by atoms with Crippen LogP contribution in [0.4, 0.5) is 4.39 Å². The van der Waals surface area contributed by atoms with Crippen LogP contribution in [0.15, 0.2) is 36.4 Å². The second-order valence-electron chi connectivity index (χ2n) is 5.43. The van der Waals surface area contributed by atoms with Crippen molar-refractivity contribution >= 4 is 10.9 Å². The molecule has 0 atom stereocenters. The molecular weight excluding hydrogens is 279 g/mol. The van der Waals surface area contributed by atoms with E-state index in [2.05, 4.69) is 9.97 Å². The first-order valence-electron chi connectivity index (χ1n) is 7.16.